The van der Waals surface area contributed by atoms with Crippen LogP contribution in [0.4, 0.5) is 5.69 Å². The summed E-state index contributed by atoms with van der Waals surface area (Å²) >= 11 is 0. The van der Waals surface area contributed by atoms with Gasteiger partial charge < -0.3 is 4.90 Å². The van der Waals surface area contributed by atoms with E-state index in [2.05, 4.69) is 10.1 Å². The Morgan fingerprint density at radius 2 is 2.07 bits per heavy atom. The van der Waals surface area contributed by atoms with Crippen LogP contribution in [0.25, 0.3) is 11.0 Å². The number of para-hydroxylation sites is 1. The van der Waals surface area contributed by atoms with Crippen molar-refractivity contribution >= 4 is 32.5 Å². The van der Waals surface area contributed by atoms with Gasteiger partial charge in [0.15, 0.2) is 15.5 Å². The number of rotatable bonds is 3. The van der Waals surface area contributed by atoms with E-state index in [9.17, 15) is 18.0 Å². The summed E-state index contributed by atoms with van der Waals surface area (Å²) in [6.45, 7) is 0.507. The van der Waals surface area contributed by atoms with Gasteiger partial charge in [-0.15, -0.1) is 0 Å². The first-order valence-corrected chi connectivity index (χ1v) is 11.8. The second kappa shape index (κ2) is 7.05. The zero-order valence-corrected chi connectivity index (χ0v) is 17.1. The van der Waals surface area contributed by atoms with Crippen molar-refractivity contribution in [2.45, 2.75) is 31.8 Å². The second-order valence-corrected chi connectivity index (χ2v) is 10.1. The van der Waals surface area contributed by atoms with Crippen molar-refractivity contribution in [3.63, 3.8) is 0 Å². The summed E-state index contributed by atoms with van der Waals surface area (Å²) in [5.41, 5.74) is 2.02. The number of hydrogen-bond acceptors (Lipinski definition) is 6. The molecule has 3 aromatic rings. The third kappa shape index (κ3) is 3.20. The quantitative estimate of drug-likeness (QED) is 0.616. The number of hydrogen-bond donors (Lipinski definition) is 0. The topological polar surface area (TPSA) is 107 Å². The van der Waals surface area contributed by atoms with Gasteiger partial charge >= 0.3 is 0 Å². The molecule has 2 aliphatic rings. The van der Waals surface area contributed by atoms with Crippen LogP contribution in [0.5, 0.6) is 0 Å². The Labute approximate surface area is 172 Å². The average molecular weight is 427 g/mol. The van der Waals surface area contributed by atoms with E-state index < -0.39 is 9.84 Å². The number of aromatic nitrogens is 4. The molecule has 2 aromatic heterocycles. The van der Waals surface area contributed by atoms with Gasteiger partial charge in [-0.3, -0.25) is 14.2 Å². The SMILES string of the molecule is O=C(Cn1cnc2c(cnn2[C@@H]2CCS(=O)(=O)C2)c1=O)N1CCCc2ccccc21. The zero-order chi connectivity index (χ0) is 20.9. The monoisotopic (exact) mass is 427 g/mol. The molecule has 10 heteroatoms. The molecule has 0 spiro atoms. The van der Waals surface area contributed by atoms with Crippen LogP contribution in [-0.2, 0) is 27.6 Å². The molecule has 0 unspecified atom stereocenters. The summed E-state index contributed by atoms with van der Waals surface area (Å²) in [7, 11) is -3.08. The second-order valence-electron chi connectivity index (χ2n) is 7.84. The fraction of sp³-hybridized carbons (Fsp3) is 0.400. The highest BCUT2D eigenvalue weighted by molar-refractivity contribution is 7.91. The number of fused-ring (bicyclic) bond motifs is 2. The molecule has 2 aliphatic heterocycles. The molecule has 0 bridgehead atoms. The molecule has 30 heavy (non-hydrogen) atoms. The van der Waals surface area contributed by atoms with Crippen molar-refractivity contribution in [1.82, 2.24) is 19.3 Å². The first kappa shape index (κ1) is 19.0. The molecule has 0 radical (unpaired) electrons. The minimum absolute atomic E-state index is 0.00139. The van der Waals surface area contributed by atoms with E-state index in [1.807, 2.05) is 24.3 Å². The van der Waals surface area contributed by atoms with Crippen molar-refractivity contribution < 1.29 is 13.2 Å². The third-order valence-corrected chi connectivity index (χ3v) is 7.60. The maximum Gasteiger partial charge on any atom is 0.264 e. The van der Waals surface area contributed by atoms with Gasteiger partial charge in [-0.25, -0.2) is 18.1 Å². The molecule has 0 N–H and O–H groups in total. The van der Waals surface area contributed by atoms with Crippen molar-refractivity contribution in [3.05, 3.63) is 52.7 Å². The van der Waals surface area contributed by atoms with Crippen LogP contribution in [0.2, 0.25) is 0 Å². The van der Waals surface area contributed by atoms with E-state index in [1.165, 1.54) is 21.8 Å². The van der Waals surface area contributed by atoms with Crippen LogP contribution in [-0.4, -0.2) is 51.7 Å². The normalized spacial score (nSPS) is 20.4. The van der Waals surface area contributed by atoms with Gasteiger partial charge in [0.05, 0.1) is 23.7 Å². The fourth-order valence-corrected chi connectivity index (χ4v) is 6.03. The number of aryl methyl sites for hydroxylation is 1. The molecule has 1 atom stereocenters. The van der Waals surface area contributed by atoms with Crippen LogP contribution in [0.15, 0.2) is 41.6 Å². The number of amides is 1. The lowest BCUT2D eigenvalue weighted by atomic mass is 10.0. The van der Waals surface area contributed by atoms with Crippen molar-refractivity contribution in [2.75, 3.05) is 23.0 Å². The highest BCUT2D eigenvalue weighted by atomic mass is 32.2. The summed E-state index contributed by atoms with van der Waals surface area (Å²) < 4.78 is 26.4. The lowest BCUT2D eigenvalue weighted by Gasteiger charge is -2.29. The minimum atomic E-state index is -3.08. The lowest BCUT2D eigenvalue weighted by Crippen LogP contribution is -2.39. The Kier molecular flexibility index (Phi) is 4.46. The molecule has 0 aliphatic carbocycles. The van der Waals surface area contributed by atoms with Gasteiger partial charge in [-0.2, -0.15) is 5.10 Å². The van der Waals surface area contributed by atoms with Crippen LogP contribution in [0, 0.1) is 0 Å². The van der Waals surface area contributed by atoms with Crippen molar-refractivity contribution in [3.8, 4) is 0 Å². The standard InChI is InChI=1S/C20H21N5O4S/c26-18(24-8-3-5-14-4-1-2-6-17(14)24)11-23-13-21-19-16(20(23)27)10-22-25(19)15-7-9-30(28,29)12-15/h1-2,4,6,10,13,15H,3,5,7-9,11-12H2/t15-/m1/s1. The molecule has 1 fully saturated rings. The third-order valence-electron chi connectivity index (χ3n) is 5.85. The zero-order valence-electron chi connectivity index (χ0n) is 16.3. The molecule has 1 amide bonds. The Morgan fingerprint density at radius 1 is 1.23 bits per heavy atom. The summed E-state index contributed by atoms with van der Waals surface area (Å²) in [5.74, 6) is -0.0526. The first-order valence-electron chi connectivity index (χ1n) is 9.94. The predicted molar refractivity (Wildman–Crippen MR) is 111 cm³/mol. The van der Waals surface area contributed by atoms with E-state index in [0.29, 0.717) is 18.6 Å². The minimum Gasteiger partial charge on any atom is -0.311 e. The van der Waals surface area contributed by atoms with E-state index in [0.717, 1.165) is 24.1 Å². The average Bonchev–Trinajstić information content (AvgIpc) is 3.32. The Balaban J connectivity index is 1.43. The van der Waals surface area contributed by atoms with E-state index >= 15 is 0 Å². The Bertz CT molecular complexity index is 1310. The maximum atomic E-state index is 13.0. The van der Waals surface area contributed by atoms with Crippen LogP contribution in [0.3, 0.4) is 0 Å². The van der Waals surface area contributed by atoms with E-state index in [-0.39, 0.29) is 40.9 Å². The van der Waals surface area contributed by atoms with Crippen LogP contribution < -0.4 is 10.5 Å². The summed E-state index contributed by atoms with van der Waals surface area (Å²) in [4.78, 5) is 31.9. The summed E-state index contributed by atoms with van der Waals surface area (Å²) in [6, 6.07) is 7.49. The summed E-state index contributed by atoms with van der Waals surface area (Å²) in [6.07, 6.45) is 5.03. The molecule has 156 valence electrons. The van der Waals surface area contributed by atoms with Gasteiger partial charge in [0.1, 0.15) is 18.3 Å². The number of carbonyl (C=O) groups is 1. The molecule has 1 aromatic carbocycles. The maximum absolute atomic E-state index is 13.0. The van der Waals surface area contributed by atoms with E-state index in [4.69, 9.17) is 0 Å². The summed E-state index contributed by atoms with van der Waals surface area (Å²) in [5, 5.41) is 4.51. The Hall–Kier alpha value is -3.01. The van der Waals surface area contributed by atoms with Gasteiger partial charge in [-0.05, 0) is 30.9 Å². The largest absolute Gasteiger partial charge is 0.311 e. The first-order chi connectivity index (χ1) is 14.4. The molecule has 5 rings (SSSR count). The van der Waals surface area contributed by atoms with E-state index in [1.54, 1.807) is 4.90 Å². The molecule has 1 saturated heterocycles. The highest BCUT2D eigenvalue weighted by Gasteiger charge is 2.31. The van der Waals surface area contributed by atoms with Crippen molar-refractivity contribution in [1.29, 1.82) is 0 Å². The van der Waals surface area contributed by atoms with Crippen LogP contribution >= 0.6 is 0 Å². The number of carbonyl (C=O) groups excluding carboxylic acids is 1. The molecule has 4 heterocycles. The lowest BCUT2D eigenvalue weighted by molar-refractivity contribution is -0.119. The van der Waals surface area contributed by atoms with Gasteiger partial charge in [0.2, 0.25) is 5.91 Å². The van der Waals surface area contributed by atoms with Gasteiger partial charge in [-0.1, -0.05) is 18.2 Å². The van der Waals surface area contributed by atoms with Crippen LogP contribution in [0.1, 0.15) is 24.4 Å². The molecule has 0 saturated carbocycles. The number of benzene rings is 1. The predicted octanol–water partition coefficient (Wildman–Crippen LogP) is 0.932. The smallest absolute Gasteiger partial charge is 0.264 e. The fourth-order valence-electron chi connectivity index (χ4n) is 4.34. The Morgan fingerprint density at radius 3 is 2.87 bits per heavy atom. The number of nitrogens with zero attached hydrogens (tertiary/aromatic N) is 5. The van der Waals surface area contributed by atoms with Gasteiger partial charge in [0.25, 0.3) is 5.56 Å². The molecule has 9 nitrogen and oxygen atoms in total. The van der Waals surface area contributed by atoms with Crippen molar-refractivity contribution in [2.24, 2.45) is 0 Å². The number of sulfone groups is 1. The highest BCUT2D eigenvalue weighted by Crippen LogP contribution is 2.27. The molecular weight excluding hydrogens is 406 g/mol. The van der Waals surface area contributed by atoms with Gasteiger partial charge in [0, 0.05) is 12.2 Å². The number of anilines is 1. The molecular formula is C20H21N5O4S.